The van der Waals surface area contributed by atoms with Gasteiger partial charge in [-0.05, 0) is 6.08 Å². The molecular formula is C7H7N3O2. The Kier molecular flexibility index (Phi) is 2.43. The maximum absolute atomic E-state index is 10.8. The van der Waals surface area contributed by atoms with Gasteiger partial charge in [0.2, 0.25) is 11.8 Å². The highest BCUT2D eigenvalue weighted by Crippen LogP contribution is 1.98. The zero-order valence-electron chi connectivity index (χ0n) is 6.26. The minimum Gasteiger partial charge on any atom is -0.312 e. The second kappa shape index (κ2) is 3.53. The van der Waals surface area contributed by atoms with Crippen LogP contribution in [0.2, 0.25) is 0 Å². The molecule has 0 fully saturated rings. The molecule has 1 heterocycles. The van der Waals surface area contributed by atoms with Crippen LogP contribution in [0.4, 0.5) is 0 Å². The van der Waals surface area contributed by atoms with E-state index < -0.39 is 5.91 Å². The largest absolute Gasteiger partial charge is 0.312 e. The highest BCUT2D eigenvalue weighted by Gasteiger charge is 2.12. The summed E-state index contributed by atoms with van der Waals surface area (Å²) >= 11 is 0. The number of carbonyl (C=O) groups is 2. The first-order chi connectivity index (χ1) is 5.72. The number of hydrogen-bond acceptors (Lipinski definition) is 3. The third-order valence-electron chi connectivity index (χ3n) is 1.28. The third-order valence-corrected chi connectivity index (χ3v) is 1.28. The molecular weight excluding hydrogens is 158 g/mol. The number of amides is 2. The standard InChI is InChI=1S/C7H7N3O2/c8-4-3-7(12)10-5-1-2-6(11)9-5/h1H,2-3H2,(H,9,11)(H,10,12). The van der Waals surface area contributed by atoms with Crippen LogP contribution in [0.25, 0.3) is 0 Å². The Bertz CT molecular complexity index is 288. The lowest BCUT2D eigenvalue weighted by Crippen LogP contribution is -2.30. The first kappa shape index (κ1) is 8.27. The summed E-state index contributed by atoms with van der Waals surface area (Å²) in [4.78, 5) is 21.4. The van der Waals surface area contributed by atoms with Crippen molar-refractivity contribution in [3.8, 4) is 6.07 Å². The van der Waals surface area contributed by atoms with Gasteiger partial charge in [-0.15, -0.1) is 0 Å². The first-order valence-electron chi connectivity index (χ1n) is 3.39. The van der Waals surface area contributed by atoms with Gasteiger partial charge in [0.1, 0.15) is 12.2 Å². The fourth-order valence-electron chi connectivity index (χ4n) is 0.796. The Balaban J connectivity index is 2.38. The lowest BCUT2D eigenvalue weighted by atomic mass is 10.4. The van der Waals surface area contributed by atoms with Gasteiger partial charge in [-0.1, -0.05) is 0 Å². The average Bonchev–Trinajstić information content (AvgIpc) is 2.36. The highest BCUT2D eigenvalue weighted by molar-refractivity contribution is 5.86. The summed E-state index contributed by atoms with van der Waals surface area (Å²) in [6, 6.07) is 1.70. The molecule has 1 aliphatic heterocycles. The van der Waals surface area contributed by atoms with Crippen LogP contribution in [-0.4, -0.2) is 11.8 Å². The van der Waals surface area contributed by atoms with Crippen molar-refractivity contribution >= 4 is 11.8 Å². The molecule has 5 heteroatoms. The fraction of sp³-hybridized carbons (Fsp3) is 0.286. The van der Waals surface area contributed by atoms with E-state index in [0.717, 1.165) is 0 Å². The van der Waals surface area contributed by atoms with Gasteiger partial charge in [-0.2, -0.15) is 5.26 Å². The summed E-state index contributed by atoms with van der Waals surface area (Å²) in [5, 5.41) is 12.9. The third kappa shape index (κ3) is 2.09. The number of nitrogens with zero attached hydrogens (tertiary/aromatic N) is 1. The molecule has 0 saturated carbocycles. The van der Waals surface area contributed by atoms with E-state index in [4.69, 9.17) is 5.26 Å². The van der Waals surface area contributed by atoms with Crippen LogP contribution in [0, 0.1) is 11.3 Å². The number of hydrogen-bond donors (Lipinski definition) is 2. The van der Waals surface area contributed by atoms with E-state index >= 15 is 0 Å². The predicted octanol–water partition coefficient (Wildman–Crippen LogP) is -0.622. The van der Waals surface area contributed by atoms with Crippen molar-refractivity contribution < 1.29 is 9.59 Å². The number of carbonyl (C=O) groups excluding carboxylic acids is 2. The average molecular weight is 165 g/mol. The van der Waals surface area contributed by atoms with Gasteiger partial charge in [0.15, 0.2) is 0 Å². The van der Waals surface area contributed by atoms with Gasteiger partial charge in [0.25, 0.3) is 0 Å². The lowest BCUT2D eigenvalue weighted by Gasteiger charge is -2.02. The molecule has 0 saturated heterocycles. The van der Waals surface area contributed by atoms with Crippen molar-refractivity contribution in [1.29, 1.82) is 5.26 Å². The zero-order chi connectivity index (χ0) is 8.97. The molecule has 0 bridgehead atoms. The maximum atomic E-state index is 10.8. The molecule has 2 amide bonds. The van der Waals surface area contributed by atoms with Crippen LogP contribution in [0.1, 0.15) is 12.8 Å². The Morgan fingerprint density at radius 1 is 1.83 bits per heavy atom. The molecule has 0 aromatic heterocycles. The van der Waals surface area contributed by atoms with Gasteiger partial charge in [0, 0.05) is 6.42 Å². The van der Waals surface area contributed by atoms with E-state index in [1.165, 1.54) is 0 Å². The van der Waals surface area contributed by atoms with Crippen molar-refractivity contribution in [1.82, 2.24) is 10.6 Å². The molecule has 2 N–H and O–H groups in total. The summed E-state index contributed by atoms with van der Waals surface area (Å²) in [7, 11) is 0. The minimum absolute atomic E-state index is 0.151. The summed E-state index contributed by atoms with van der Waals surface area (Å²) < 4.78 is 0. The predicted molar refractivity (Wildman–Crippen MR) is 39.2 cm³/mol. The zero-order valence-corrected chi connectivity index (χ0v) is 6.26. The minimum atomic E-state index is -0.411. The van der Waals surface area contributed by atoms with E-state index in [1.54, 1.807) is 12.1 Å². The van der Waals surface area contributed by atoms with Crippen molar-refractivity contribution in [2.75, 3.05) is 0 Å². The fourth-order valence-corrected chi connectivity index (χ4v) is 0.796. The number of nitrogens with one attached hydrogen (secondary N) is 2. The monoisotopic (exact) mass is 165 g/mol. The molecule has 0 spiro atoms. The maximum Gasteiger partial charge on any atom is 0.239 e. The Morgan fingerprint density at radius 3 is 3.08 bits per heavy atom. The van der Waals surface area contributed by atoms with Gasteiger partial charge in [0.05, 0.1) is 6.07 Å². The van der Waals surface area contributed by atoms with E-state index in [2.05, 4.69) is 10.6 Å². The van der Waals surface area contributed by atoms with Gasteiger partial charge < -0.3 is 10.6 Å². The molecule has 62 valence electrons. The highest BCUT2D eigenvalue weighted by atomic mass is 16.2. The second-order valence-electron chi connectivity index (χ2n) is 2.25. The normalized spacial score (nSPS) is 14.6. The van der Waals surface area contributed by atoms with Gasteiger partial charge in [-0.3, -0.25) is 9.59 Å². The lowest BCUT2D eigenvalue weighted by molar-refractivity contribution is -0.119. The Morgan fingerprint density at radius 2 is 2.58 bits per heavy atom. The van der Waals surface area contributed by atoms with Crippen molar-refractivity contribution in [3.63, 3.8) is 0 Å². The van der Waals surface area contributed by atoms with Gasteiger partial charge >= 0.3 is 0 Å². The summed E-state index contributed by atoms with van der Waals surface area (Å²) in [5.41, 5.74) is 0. The van der Waals surface area contributed by atoms with E-state index in [9.17, 15) is 9.59 Å². The topological polar surface area (TPSA) is 82.0 Å². The quantitative estimate of drug-likeness (QED) is 0.572. The van der Waals surface area contributed by atoms with Crippen LogP contribution in [-0.2, 0) is 9.59 Å². The van der Waals surface area contributed by atoms with E-state index in [-0.39, 0.29) is 18.7 Å². The van der Waals surface area contributed by atoms with Crippen molar-refractivity contribution in [3.05, 3.63) is 11.9 Å². The molecule has 0 atom stereocenters. The van der Waals surface area contributed by atoms with Crippen molar-refractivity contribution in [2.24, 2.45) is 0 Å². The number of rotatable bonds is 2. The molecule has 1 aliphatic rings. The molecule has 0 aromatic rings. The van der Waals surface area contributed by atoms with Gasteiger partial charge in [-0.25, -0.2) is 0 Å². The smallest absolute Gasteiger partial charge is 0.239 e. The van der Waals surface area contributed by atoms with E-state index in [1.807, 2.05) is 0 Å². The summed E-state index contributed by atoms with van der Waals surface area (Å²) in [6.45, 7) is 0. The number of nitriles is 1. The van der Waals surface area contributed by atoms with Crippen LogP contribution >= 0.6 is 0 Å². The Labute approximate surface area is 69.0 Å². The molecule has 0 aromatic carbocycles. The Hall–Kier alpha value is -1.83. The molecule has 1 rings (SSSR count). The molecule has 0 aliphatic carbocycles. The molecule has 5 nitrogen and oxygen atoms in total. The summed E-state index contributed by atoms with van der Waals surface area (Å²) in [5.74, 6) is -0.187. The molecule has 0 radical (unpaired) electrons. The van der Waals surface area contributed by atoms with Crippen LogP contribution < -0.4 is 10.6 Å². The van der Waals surface area contributed by atoms with Crippen LogP contribution in [0.15, 0.2) is 11.9 Å². The molecule has 12 heavy (non-hydrogen) atoms. The molecule has 0 unspecified atom stereocenters. The van der Waals surface area contributed by atoms with Crippen LogP contribution in [0.3, 0.4) is 0 Å². The first-order valence-corrected chi connectivity index (χ1v) is 3.39. The summed E-state index contributed by atoms with van der Waals surface area (Å²) in [6.07, 6.45) is 1.65. The van der Waals surface area contributed by atoms with E-state index in [0.29, 0.717) is 5.82 Å². The second-order valence-corrected chi connectivity index (χ2v) is 2.25. The SMILES string of the molecule is N#CCC(=O)NC1=CCC(=O)N1. The van der Waals surface area contributed by atoms with Crippen molar-refractivity contribution in [2.45, 2.75) is 12.8 Å². The van der Waals surface area contributed by atoms with Crippen LogP contribution in [0.5, 0.6) is 0 Å².